The fourth-order valence-electron chi connectivity index (χ4n) is 2.85. The molecule has 6 nitrogen and oxygen atoms in total. The number of rotatable bonds is 5. The zero-order valence-electron chi connectivity index (χ0n) is 13.7. The predicted molar refractivity (Wildman–Crippen MR) is 90.3 cm³/mol. The van der Waals surface area contributed by atoms with Gasteiger partial charge in [0.25, 0.3) is 5.78 Å². The van der Waals surface area contributed by atoms with Crippen molar-refractivity contribution >= 4 is 23.4 Å². The molecule has 3 rings (SSSR count). The van der Waals surface area contributed by atoms with Crippen LogP contribution in [0.25, 0.3) is 5.78 Å². The van der Waals surface area contributed by atoms with Crippen molar-refractivity contribution in [2.75, 3.05) is 12.3 Å². The van der Waals surface area contributed by atoms with E-state index in [4.69, 9.17) is 0 Å². The molecule has 1 aliphatic rings. The van der Waals surface area contributed by atoms with E-state index in [0.29, 0.717) is 23.2 Å². The van der Waals surface area contributed by atoms with Gasteiger partial charge in [0, 0.05) is 23.6 Å². The number of hydrogen-bond acceptors (Lipinski definition) is 5. The van der Waals surface area contributed by atoms with Gasteiger partial charge < -0.3 is 4.90 Å². The monoisotopic (exact) mass is 331 g/mol. The zero-order chi connectivity index (χ0) is 16.4. The van der Waals surface area contributed by atoms with Gasteiger partial charge in [0.1, 0.15) is 0 Å². The molecule has 0 saturated heterocycles. The van der Waals surface area contributed by atoms with Crippen molar-refractivity contribution in [2.24, 2.45) is 0 Å². The minimum Gasteiger partial charge on any atom is -0.316 e. The maximum atomic E-state index is 12.5. The predicted octanol–water partition coefficient (Wildman–Crippen LogP) is 2.75. The molecule has 122 valence electrons. The Bertz CT molecular complexity index is 767. The van der Waals surface area contributed by atoms with E-state index in [1.165, 1.54) is 11.8 Å². The number of thioether (sulfide) groups is 1. The smallest absolute Gasteiger partial charge is 0.253 e. The molecular weight excluding hydrogens is 310 g/mol. The Morgan fingerprint density at radius 1 is 1.39 bits per heavy atom. The van der Waals surface area contributed by atoms with Crippen molar-refractivity contribution in [2.45, 2.75) is 45.2 Å². The number of allylic oxidation sites excluding steroid dienone is 2. The molecule has 0 radical (unpaired) electrons. The van der Waals surface area contributed by atoms with Gasteiger partial charge in [-0.1, -0.05) is 17.8 Å². The van der Waals surface area contributed by atoms with Crippen LogP contribution in [0, 0.1) is 13.8 Å². The first-order valence-corrected chi connectivity index (χ1v) is 8.90. The van der Waals surface area contributed by atoms with E-state index in [1.807, 2.05) is 31.7 Å². The molecule has 0 fully saturated rings. The highest BCUT2D eigenvalue weighted by Gasteiger charge is 2.19. The molecule has 1 aliphatic carbocycles. The molecule has 2 aromatic rings. The van der Waals surface area contributed by atoms with E-state index in [2.05, 4.69) is 21.1 Å². The van der Waals surface area contributed by atoms with Gasteiger partial charge in [-0.05, 0) is 46.1 Å². The van der Waals surface area contributed by atoms with E-state index >= 15 is 0 Å². The average Bonchev–Trinajstić information content (AvgIpc) is 3.15. The molecule has 0 unspecified atom stereocenters. The van der Waals surface area contributed by atoms with Gasteiger partial charge in [0.15, 0.2) is 0 Å². The standard InChI is InChI=1S/C16H21N5OS/c1-4-20(13-7-5-6-8-13)14(22)10-23-16-18-15-17-11(2)9-12(3)21(15)19-16/h7,9H,4-6,8,10H2,1-3H3. The molecule has 0 bridgehead atoms. The molecular formula is C16H21N5OS. The number of nitrogens with zero attached hydrogens (tertiary/aromatic N) is 5. The van der Waals surface area contributed by atoms with Crippen molar-refractivity contribution in [1.82, 2.24) is 24.5 Å². The van der Waals surface area contributed by atoms with Gasteiger partial charge in [-0.2, -0.15) is 4.98 Å². The number of carbonyl (C=O) groups excluding carboxylic acids is 1. The van der Waals surface area contributed by atoms with Crippen LogP contribution >= 0.6 is 11.8 Å². The van der Waals surface area contributed by atoms with Crippen LogP contribution in [0.2, 0.25) is 0 Å². The number of fused-ring (bicyclic) bond motifs is 1. The number of aryl methyl sites for hydroxylation is 2. The molecule has 0 saturated carbocycles. The van der Waals surface area contributed by atoms with Crippen molar-refractivity contribution in [3.63, 3.8) is 0 Å². The summed E-state index contributed by atoms with van der Waals surface area (Å²) in [6.07, 6.45) is 5.39. The highest BCUT2D eigenvalue weighted by molar-refractivity contribution is 7.99. The summed E-state index contributed by atoms with van der Waals surface area (Å²) in [5.74, 6) is 1.05. The Morgan fingerprint density at radius 3 is 2.91 bits per heavy atom. The van der Waals surface area contributed by atoms with Crippen LogP contribution in [-0.2, 0) is 4.79 Å². The van der Waals surface area contributed by atoms with Crippen LogP contribution in [0.3, 0.4) is 0 Å². The SMILES string of the molecule is CCN(C(=O)CSc1nc2nc(C)cc(C)n2n1)C1=CCCC1. The van der Waals surface area contributed by atoms with Crippen LogP contribution in [0.15, 0.2) is 23.0 Å². The summed E-state index contributed by atoms with van der Waals surface area (Å²) in [6.45, 7) is 6.64. The lowest BCUT2D eigenvalue weighted by Crippen LogP contribution is -2.31. The summed E-state index contributed by atoms with van der Waals surface area (Å²) in [7, 11) is 0. The van der Waals surface area contributed by atoms with E-state index in [-0.39, 0.29) is 5.91 Å². The van der Waals surface area contributed by atoms with Gasteiger partial charge in [0.05, 0.1) is 5.75 Å². The van der Waals surface area contributed by atoms with E-state index in [1.54, 1.807) is 4.52 Å². The Hall–Kier alpha value is -1.89. The number of carbonyl (C=O) groups is 1. The fraction of sp³-hybridized carbons (Fsp3) is 0.500. The van der Waals surface area contributed by atoms with Crippen LogP contribution in [0.5, 0.6) is 0 Å². The molecule has 23 heavy (non-hydrogen) atoms. The summed E-state index contributed by atoms with van der Waals surface area (Å²) in [4.78, 5) is 23.1. The van der Waals surface area contributed by atoms with Crippen LogP contribution in [0.4, 0.5) is 0 Å². The Balaban J connectivity index is 1.70. The molecule has 0 atom stereocenters. The van der Waals surface area contributed by atoms with Crippen LogP contribution in [0.1, 0.15) is 37.6 Å². The summed E-state index contributed by atoms with van der Waals surface area (Å²) in [5, 5.41) is 5.02. The maximum absolute atomic E-state index is 12.5. The summed E-state index contributed by atoms with van der Waals surface area (Å²) in [5.41, 5.74) is 3.07. The molecule has 2 heterocycles. The second-order valence-electron chi connectivity index (χ2n) is 5.66. The summed E-state index contributed by atoms with van der Waals surface area (Å²) < 4.78 is 1.72. The quantitative estimate of drug-likeness (QED) is 0.788. The maximum Gasteiger partial charge on any atom is 0.253 e. The molecule has 0 aliphatic heterocycles. The van der Waals surface area contributed by atoms with E-state index < -0.39 is 0 Å². The first-order chi connectivity index (χ1) is 11.1. The van der Waals surface area contributed by atoms with E-state index in [0.717, 1.165) is 36.3 Å². The average molecular weight is 331 g/mol. The minimum absolute atomic E-state index is 0.116. The molecule has 0 spiro atoms. The van der Waals surface area contributed by atoms with Crippen LogP contribution < -0.4 is 0 Å². The molecule has 2 aromatic heterocycles. The summed E-state index contributed by atoms with van der Waals surface area (Å²) >= 11 is 1.37. The van der Waals surface area contributed by atoms with E-state index in [9.17, 15) is 4.79 Å². The van der Waals surface area contributed by atoms with Gasteiger partial charge >= 0.3 is 0 Å². The molecule has 7 heteroatoms. The van der Waals surface area contributed by atoms with Gasteiger partial charge in [-0.15, -0.1) is 5.10 Å². The largest absolute Gasteiger partial charge is 0.316 e. The summed E-state index contributed by atoms with van der Waals surface area (Å²) in [6, 6.07) is 1.96. The lowest BCUT2D eigenvalue weighted by Gasteiger charge is -2.21. The molecule has 0 N–H and O–H groups in total. The topological polar surface area (TPSA) is 63.4 Å². The van der Waals surface area contributed by atoms with Crippen molar-refractivity contribution in [3.05, 3.63) is 29.2 Å². The highest BCUT2D eigenvalue weighted by Crippen LogP contribution is 2.23. The normalized spacial score (nSPS) is 14.3. The number of aromatic nitrogens is 4. The lowest BCUT2D eigenvalue weighted by molar-refractivity contribution is -0.126. The van der Waals surface area contributed by atoms with Gasteiger partial charge in [-0.3, -0.25) is 4.79 Å². The number of hydrogen-bond donors (Lipinski definition) is 0. The number of amides is 1. The molecule has 0 aromatic carbocycles. The minimum atomic E-state index is 0.116. The van der Waals surface area contributed by atoms with Crippen molar-refractivity contribution in [3.8, 4) is 0 Å². The zero-order valence-corrected chi connectivity index (χ0v) is 14.6. The Labute approximate surface area is 140 Å². The third-order valence-electron chi connectivity index (χ3n) is 3.90. The fourth-order valence-corrected chi connectivity index (χ4v) is 3.55. The highest BCUT2D eigenvalue weighted by atomic mass is 32.2. The third-order valence-corrected chi connectivity index (χ3v) is 4.73. The first kappa shape index (κ1) is 16.0. The second-order valence-corrected chi connectivity index (χ2v) is 6.60. The Kier molecular flexibility index (Phi) is 4.66. The third kappa shape index (κ3) is 3.39. The second kappa shape index (κ2) is 6.70. The first-order valence-electron chi connectivity index (χ1n) is 7.91. The van der Waals surface area contributed by atoms with Gasteiger partial charge in [-0.25, -0.2) is 9.50 Å². The van der Waals surface area contributed by atoms with Crippen LogP contribution in [-0.4, -0.2) is 42.7 Å². The van der Waals surface area contributed by atoms with Gasteiger partial charge in [0.2, 0.25) is 11.1 Å². The van der Waals surface area contributed by atoms with Crippen molar-refractivity contribution in [1.29, 1.82) is 0 Å². The lowest BCUT2D eigenvalue weighted by atomic mass is 10.3. The van der Waals surface area contributed by atoms with Crippen molar-refractivity contribution < 1.29 is 4.79 Å². The Morgan fingerprint density at radius 2 is 2.22 bits per heavy atom. The molecule has 1 amide bonds.